The minimum Gasteiger partial charge on any atom is -0.379 e. The van der Waals surface area contributed by atoms with E-state index >= 15 is 0 Å². The fraction of sp³-hybridized carbons (Fsp3) is 0.708. The van der Waals surface area contributed by atoms with Crippen molar-refractivity contribution in [3.8, 4) is 0 Å². The SMILES string of the molecule is CCCCOCCOCCN=C(NCC)NC1CCN(Cc2ccccc2C)CC1.I. The summed E-state index contributed by atoms with van der Waals surface area (Å²) >= 11 is 0. The summed E-state index contributed by atoms with van der Waals surface area (Å²) in [5.41, 5.74) is 2.82. The lowest BCUT2D eigenvalue weighted by atomic mass is 10.0. The quantitative estimate of drug-likeness (QED) is 0.170. The van der Waals surface area contributed by atoms with Gasteiger partial charge in [-0.2, -0.15) is 0 Å². The number of nitrogens with one attached hydrogen (secondary N) is 2. The zero-order valence-electron chi connectivity index (χ0n) is 19.7. The summed E-state index contributed by atoms with van der Waals surface area (Å²) in [6, 6.07) is 9.17. The highest BCUT2D eigenvalue weighted by Gasteiger charge is 2.20. The minimum absolute atomic E-state index is 0. The second kappa shape index (κ2) is 17.6. The zero-order chi connectivity index (χ0) is 21.4. The third kappa shape index (κ3) is 12.1. The van der Waals surface area contributed by atoms with Crippen molar-refractivity contribution in [2.24, 2.45) is 4.99 Å². The highest BCUT2D eigenvalue weighted by molar-refractivity contribution is 14.0. The maximum Gasteiger partial charge on any atom is 0.191 e. The highest BCUT2D eigenvalue weighted by atomic mass is 127. The van der Waals surface area contributed by atoms with Crippen molar-refractivity contribution in [3.63, 3.8) is 0 Å². The highest BCUT2D eigenvalue weighted by Crippen LogP contribution is 2.16. The van der Waals surface area contributed by atoms with Crippen molar-refractivity contribution in [2.75, 3.05) is 52.6 Å². The van der Waals surface area contributed by atoms with Gasteiger partial charge in [0.2, 0.25) is 0 Å². The van der Waals surface area contributed by atoms with E-state index < -0.39 is 0 Å². The largest absolute Gasteiger partial charge is 0.379 e. The third-order valence-electron chi connectivity index (χ3n) is 5.45. The van der Waals surface area contributed by atoms with Gasteiger partial charge in [0.05, 0.1) is 26.4 Å². The summed E-state index contributed by atoms with van der Waals surface area (Å²) < 4.78 is 11.1. The number of guanidine groups is 1. The zero-order valence-corrected chi connectivity index (χ0v) is 22.0. The van der Waals surface area contributed by atoms with Crippen LogP contribution in [0.5, 0.6) is 0 Å². The monoisotopic (exact) mass is 546 g/mol. The normalized spacial score (nSPS) is 15.5. The summed E-state index contributed by atoms with van der Waals surface area (Å²) in [6.07, 6.45) is 4.57. The molecule has 0 bridgehead atoms. The smallest absolute Gasteiger partial charge is 0.191 e. The molecule has 2 rings (SSSR count). The van der Waals surface area contributed by atoms with Gasteiger partial charge in [0.1, 0.15) is 0 Å². The predicted octanol–water partition coefficient (Wildman–Crippen LogP) is 3.97. The number of aryl methyl sites for hydroxylation is 1. The Bertz CT molecular complexity index is 607. The third-order valence-corrected chi connectivity index (χ3v) is 5.45. The van der Waals surface area contributed by atoms with E-state index in [1.807, 2.05) is 0 Å². The number of rotatable bonds is 13. The second-order valence-corrected chi connectivity index (χ2v) is 7.96. The van der Waals surface area contributed by atoms with Gasteiger partial charge in [0.25, 0.3) is 0 Å². The minimum atomic E-state index is 0. The lowest BCUT2D eigenvalue weighted by Gasteiger charge is -2.33. The second-order valence-electron chi connectivity index (χ2n) is 7.96. The Hall–Kier alpha value is -0.900. The van der Waals surface area contributed by atoms with E-state index in [1.54, 1.807) is 0 Å². The van der Waals surface area contributed by atoms with Gasteiger partial charge in [-0.15, -0.1) is 24.0 Å². The van der Waals surface area contributed by atoms with Gasteiger partial charge in [-0.05, 0) is 44.2 Å². The molecule has 0 atom stereocenters. The van der Waals surface area contributed by atoms with Gasteiger partial charge in [-0.25, -0.2) is 0 Å². The van der Waals surface area contributed by atoms with Crippen molar-refractivity contribution in [3.05, 3.63) is 35.4 Å². The van der Waals surface area contributed by atoms with Crippen LogP contribution in [0.25, 0.3) is 0 Å². The van der Waals surface area contributed by atoms with Gasteiger partial charge < -0.3 is 20.1 Å². The molecule has 7 heteroatoms. The average Bonchev–Trinajstić information content (AvgIpc) is 2.75. The van der Waals surface area contributed by atoms with Crippen molar-refractivity contribution in [1.29, 1.82) is 0 Å². The summed E-state index contributed by atoms with van der Waals surface area (Å²) in [5.74, 6) is 0.901. The Morgan fingerprint density at radius 2 is 1.77 bits per heavy atom. The first kappa shape index (κ1) is 28.1. The van der Waals surface area contributed by atoms with Gasteiger partial charge in [0.15, 0.2) is 5.96 Å². The van der Waals surface area contributed by atoms with Crippen LogP contribution < -0.4 is 10.6 Å². The Labute approximate surface area is 206 Å². The van der Waals surface area contributed by atoms with Crippen LogP contribution in [-0.4, -0.2) is 69.5 Å². The molecular formula is C24H43IN4O2. The number of halogens is 1. The van der Waals surface area contributed by atoms with Crippen LogP contribution in [0.4, 0.5) is 0 Å². The van der Waals surface area contributed by atoms with E-state index in [-0.39, 0.29) is 24.0 Å². The molecule has 1 aliphatic heterocycles. The fourth-order valence-corrected chi connectivity index (χ4v) is 3.57. The number of likely N-dealkylation sites (tertiary alicyclic amines) is 1. The van der Waals surface area contributed by atoms with Crippen LogP contribution in [-0.2, 0) is 16.0 Å². The van der Waals surface area contributed by atoms with Gasteiger partial charge >= 0.3 is 0 Å². The maximum absolute atomic E-state index is 5.62. The molecule has 0 unspecified atom stereocenters. The van der Waals surface area contributed by atoms with Crippen molar-refractivity contribution in [2.45, 2.75) is 59.0 Å². The molecule has 0 amide bonds. The molecule has 0 radical (unpaired) electrons. The first-order chi connectivity index (χ1) is 14.7. The van der Waals surface area contributed by atoms with Crippen molar-refractivity contribution < 1.29 is 9.47 Å². The van der Waals surface area contributed by atoms with E-state index in [1.165, 1.54) is 17.5 Å². The van der Waals surface area contributed by atoms with Crippen LogP contribution in [0.1, 0.15) is 50.7 Å². The number of hydrogen-bond acceptors (Lipinski definition) is 4. The van der Waals surface area contributed by atoms with E-state index in [9.17, 15) is 0 Å². The molecular weight excluding hydrogens is 503 g/mol. The van der Waals surface area contributed by atoms with Crippen LogP contribution in [0.3, 0.4) is 0 Å². The molecule has 178 valence electrons. The molecule has 31 heavy (non-hydrogen) atoms. The molecule has 1 saturated heterocycles. The van der Waals surface area contributed by atoms with Gasteiger partial charge in [-0.3, -0.25) is 9.89 Å². The summed E-state index contributed by atoms with van der Waals surface area (Å²) in [6.45, 7) is 14.1. The fourth-order valence-electron chi connectivity index (χ4n) is 3.57. The first-order valence-corrected chi connectivity index (χ1v) is 11.7. The number of hydrogen-bond donors (Lipinski definition) is 2. The predicted molar refractivity (Wildman–Crippen MR) is 141 cm³/mol. The van der Waals surface area contributed by atoms with E-state index in [0.717, 1.165) is 58.0 Å². The van der Waals surface area contributed by atoms with E-state index in [2.05, 4.69) is 65.6 Å². The molecule has 6 nitrogen and oxygen atoms in total. The molecule has 0 saturated carbocycles. The topological polar surface area (TPSA) is 58.1 Å². The van der Waals surface area contributed by atoms with Gasteiger partial charge in [0, 0.05) is 38.8 Å². The lowest BCUT2D eigenvalue weighted by molar-refractivity contribution is 0.0497. The number of nitrogens with zero attached hydrogens (tertiary/aromatic N) is 2. The van der Waals surface area contributed by atoms with Crippen LogP contribution in [0.2, 0.25) is 0 Å². The maximum atomic E-state index is 5.62. The van der Waals surface area contributed by atoms with Crippen molar-refractivity contribution >= 4 is 29.9 Å². The Morgan fingerprint density at radius 1 is 1.06 bits per heavy atom. The number of unbranched alkanes of at least 4 members (excludes halogenated alkanes) is 1. The Kier molecular flexibility index (Phi) is 16.0. The molecule has 1 heterocycles. The molecule has 1 fully saturated rings. The Balaban J connectivity index is 0.00000480. The van der Waals surface area contributed by atoms with E-state index in [4.69, 9.17) is 9.47 Å². The lowest BCUT2D eigenvalue weighted by Crippen LogP contribution is -2.48. The summed E-state index contributed by atoms with van der Waals surface area (Å²) in [4.78, 5) is 7.22. The van der Waals surface area contributed by atoms with E-state index in [0.29, 0.717) is 32.4 Å². The van der Waals surface area contributed by atoms with Crippen LogP contribution in [0, 0.1) is 6.92 Å². The summed E-state index contributed by atoms with van der Waals surface area (Å²) in [7, 11) is 0. The molecule has 1 aromatic rings. The molecule has 1 aromatic carbocycles. The molecule has 0 aliphatic carbocycles. The first-order valence-electron chi connectivity index (χ1n) is 11.7. The van der Waals surface area contributed by atoms with Crippen LogP contribution in [0.15, 0.2) is 29.3 Å². The van der Waals surface area contributed by atoms with Crippen LogP contribution >= 0.6 is 24.0 Å². The number of aliphatic imine (C=N–C) groups is 1. The number of ether oxygens (including phenoxy) is 2. The number of benzene rings is 1. The number of piperidine rings is 1. The molecule has 0 aromatic heterocycles. The summed E-state index contributed by atoms with van der Waals surface area (Å²) in [5, 5.41) is 6.97. The molecule has 1 aliphatic rings. The molecule has 0 spiro atoms. The molecule has 2 N–H and O–H groups in total. The van der Waals surface area contributed by atoms with Gasteiger partial charge in [-0.1, -0.05) is 37.6 Å². The average molecular weight is 547 g/mol. The Morgan fingerprint density at radius 3 is 2.45 bits per heavy atom. The van der Waals surface area contributed by atoms with Crippen molar-refractivity contribution in [1.82, 2.24) is 15.5 Å². The standard InChI is InChI=1S/C24H42N4O2.HI/c1-4-6-16-29-18-19-30-17-13-26-24(25-5-2)27-23-11-14-28(15-12-23)20-22-10-8-7-9-21(22)3;/h7-10,23H,4-6,11-20H2,1-3H3,(H2,25,26,27);1H.